The van der Waals surface area contributed by atoms with Gasteiger partial charge in [0.15, 0.2) is 0 Å². The minimum atomic E-state index is 0.283. The number of benzene rings is 1. The van der Waals surface area contributed by atoms with Crippen molar-refractivity contribution in [2.24, 2.45) is 29.8 Å². The van der Waals surface area contributed by atoms with Crippen LogP contribution in [0.15, 0.2) is 35.3 Å². The summed E-state index contributed by atoms with van der Waals surface area (Å²) in [5, 5.41) is 1.32. The van der Waals surface area contributed by atoms with Gasteiger partial charge in [-0.25, -0.2) is 0 Å². The van der Waals surface area contributed by atoms with Crippen LogP contribution in [0.3, 0.4) is 0 Å². The number of para-hydroxylation sites is 1. The molecular weight excluding hydrogens is 268 g/mol. The topological polar surface area (TPSA) is 17.3 Å². The van der Waals surface area contributed by atoms with Crippen LogP contribution in [0.5, 0.6) is 0 Å². The summed E-state index contributed by atoms with van der Waals surface area (Å²) in [7, 11) is 2.16. The molecule has 0 spiro atoms. The quantitative estimate of drug-likeness (QED) is 0.722. The number of nitrogens with zero attached hydrogens (tertiary/aromatic N) is 2. The molecule has 0 saturated heterocycles. The van der Waals surface area contributed by atoms with Gasteiger partial charge < -0.3 is 4.57 Å². The zero-order chi connectivity index (χ0) is 14.7. The van der Waals surface area contributed by atoms with Crippen LogP contribution in [0.1, 0.15) is 44.2 Å². The van der Waals surface area contributed by atoms with Crippen molar-refractivity contribution in [1.82, 2.24) is 4.57 Å². The lowest BCUT2D eigenvalue weighted by atomic mass is 9.53. The standard InChI is InChI=1S/C20H24N2/c1-22-18(9-17-4-2-3-5-19(17)22)13-21-20-10-14-6-15(11-20)8-16(7-14)12-20/h2-5,9,13-16H,6-8,10-12H2,1H3. The molecule has 0 radical (unpaired) electrons. The van der Waals surface area contributed by atoms with Gasteiger partial charge in [-0.15, -0.1) is 0 Å². The molecule has 0 amide bonds. The maximum Gasteiger partial charge on any atom is 0.0617 e. The van der Waals surface area contributed by atoms with Crippen LogP contribution >= 0.6 is 0 Å². The second-order valence-electron chi connectivity index (χ2n) is 8.09. The molecule has 1 aromatic heterocycles. The third-order valence-corrected chi connectivity index (χ3v) is 6.47. The first kappa shape index (κ1) is 12.9. The molecule has 0 atom stereocenters. The number of fused-ring (bicyclic) bond motifs is 1. The van der Waals surface area contributed by atoms with Crippen LogP contribution in [-0.2, 0) is 7.05 Å². The number of aliphatic imine (C=N–C) groups is 1. The molecule has 2 aromatic rings. The highest BCUT2D eigenvalue weighted by Crippen LogP contribution is 2.57. The van der Waals surface area contributed by atoms with E-state index in [1.54, 1.807) is 0 Å². The Hall–Kier alpha value is -1.57. The van der Waals surface area contributed by atoms with Gasteiger partial charge in [0.1, 0.15) is 0 Å². The Morgan fingerprint density at radius 3 is 2.32 bits per heavy atom. The minimum Gasteiger partial charge on any atom is -0.343 e. The Bertz CT molecular complexity index is 717. The molecular formula is C20H24N2. The van der Waals surface area contributed by atoms with Crippen LogP contribution in [-0.4, -0.2) is 16.3 Å². The van der Waals surface area contributed by atoms with E-state index in [2.05, 4.69) is 48.2 Å². The smallest absolute Gasteiger partial charge is 0.0617 e. The van der Waals surface area contributed by atoms with Crippen LogP contribution in [0.2, 0.25) is 0 Å². The first-order valence-corrected chi connectivity index (χ1v) is 8.80. The maximum atomic E-state index is 5.20. The monoisotopic (exact) mass is 292 g/mol. The predicted octanol–water partition coefficient (Wildman–Crippen LogP) is 4.57. The molecule has 0 unspecified atom stereocenters. The number of aryl methyl sites for hydroxylation is 1. The van der Waals surface area contributed by atoms with Gasteiger partial charge >= 0.3 is 0 Å². The molecule has 0 N–H and O–H groups in total. The lowest BCUT2D eigenvalue weighted by molar-refractivity contribution is 0.00193. The highest BCUT2D eigenvalue weighted by atomic mass is 15.0. The second kappa shape index (κ2) is 4.47. The highest BCUT2D eigenvalue weighted by Gasteiger charge is 2.50. The molecule has 4 fully saturated rings. The van der Waals surface area contributed by atoms with E-state index in [1.165, 1.54) is 55.1 Å². The summed E-state index contributed by atoms with van der Waals surface area (Å²) in [5.41, 5.74) is 2.83. The molecule has 1 aromatic carbocycles. The van der Waals surface area contributed by atoms with Crippen molar-refractivity contribution in [2.75, 3.05) is 0 Å². The second-order valence-corrected chi connectivity index (χ2v) is 8.09. The summed E-state index contributed by atoms with van der Waals surface area (Å²) in [5.74, 6) is 2.91. The van der Waals surface area contributed by atoms with E-state index >= 15 is 0 Å². The van der Waals surface area contributed by atoms with E-state index in [9.17, 15) is 0 Å². The fourth-order valence-corrected chi connectivity index (χ4v) is 5.86. The Kier molecular flexibility index (Phi) is 2.62. The summed E-state index contributed by atoms with van der Waals surface area (Å²) in [6, 6.07) is 10.9. The number of hydrogen-bond donors (Lipinski definition) is 0. The van der Waals surface area contributed by atoms with Crippen molar-refractivity contribution >= 4 is 17.1 Å². The summed E-state index contributed by atoms with van der Waals surface area (Å²) >= 11 is 0. The van der Waals surface area contributed by atoms with Gasteiger partial charge in [0.25, 0.3) is 0 Å². The lowest BCUT2D eigenvalue weighted by Crippen LogP contribution is -2.49. The summed E-state index contributed by atoms with van der Waals surface area (Å²) in [6.07, 6.45) is 10.7. The van der Waals surface area contributed by atoms with Gasteiger partial charge in [0, 0.05) is 24.2 Å². The Morgan fingerprint density at radius 2 is 1.68 bits per heavy atom. The van der Waals surface area contributed by atoms with E-state index in [0.717, 1.165) is 17.8 Å². The van der Waals surface area contributed by atoms with Crippen molar-refractivity contribution in [1.29, 1.82) is 0 Å². The van der Waals surface area contributed by atoms with E-state index in [0.29, 0.717) is 0 Å². The molecule has 4 aliphatic carbocycles. The molecule has 0 aliphatic heterocycles. The van der Waals surface area contributed by atoms with Crippen LogP contribution in [0.4, 0.5) is 0 Å². The van der Waals surface area contributed by atoms with Gasteiger partial charge in [-0.3, -0.25) is 4.99 Å². The minimum absolute atomic E-state index is 0.283. The van der Waals surface area contributed by atoms with Gasteiger partial charge in [-0.05, 0) is 68.4 Å². The summed E-state index contributed by atoms with van der Waals surface area (Å²) in [6.45, 7) is 0. The molecule has 4 saturated carbocycles. The van der Waals surface area contributed by atoms with Crippen LogP contribution in [0.25, 0.3) is 10.9 Å². The van der Waals surface area contributed by atoms with Crippen molar-refractivity contribution in [3.05, 3.63) is 36.0 Å². The molecule has 4 aliphatic rings. The zero-order valence-corrected chi connectivity index (χ0v) is 13.3. The van der Waals surface area contributed by atoms with Crippen molar-refractivity contribution in [2.45, 2.75) is 44.1 Å². The molecule has 6 rings (SSSR count). The largest absolute Gasteiger partial charge is 0.343 e. The summed E-state index contributed by atoms with van der Waals surface area (Å²) in [4.78, 5) is 5.20. The normalized spacial score (nSPS) is 36.7. The SMILES string of the molecule is Cn1c(C=NC23CC4CC(CC(C4)C2)C3)cc2ccccc21. The first-order chi connectivity index (χ1) is 10.7. The molecule has 114 valence electrons. The third kappa shape index (κ3) is 1.89. The van der Waals surface area contributed by atoms with Crippen LogP contribution in [0, 0.1) is 17.8 Å². The maximum absolute atomic E-state index is 5.20. The average Bonchev–Trinajstić information content (AvgIpc) is 2.81. The fourth-order valence-electron chi connectivity index (χ4n) is 5.86. The van der Waals surface area contributed by atoms with Gasteiger partial charge in [0.05, 0.1) is 11.2 Å². The van der Waals surface area contributed by atoms with Crippen molar-refractivity contribution in [3.8, 4) is 0 Å². The van der Waals surface area contributed by atoms with Crippen molar-refractivity contribution in [3.63, 3.8) is 0 Å². The first-order valence-electron chi connectivity index (χ1n) is 8.80. The Labute approximate surface area is 132 Å². The lowest BCUT2D eigenvalue weighted by Gasteiger charge is -2.54. The van der Waals surface area contributed by atoms with E-state index in [1.807, 2.05) is 0 Å². The van der Waals surface area contributed by atoms with E-state index in [-0.39, 0.29) is 5.54 Å². The van der Waals surface area contributed by atoms with Gasteiger partial charge in [-0.1, -0.05) is 18.2 Å². The third-order valence-electron chi connectivity index (χ3n) is 6.47. The fraction of sp³-hybridized carbons (Fsp3) is 0.550. The Morgan fingerprint density at radius 1 is 1.05 bits per heavy atom. The number of aromatic nitrogens is 1. The number of rotatable bonds is 2. The molecule has 2 heteroatoms. The average molecular weight is 292 g/mol. The zero-order valence-electron chi connectivity index (χ0n) is 13.3. The van der Waals surface area contributed by atoms with E-state index in [4.69, 9.17) is 4.99 Å². The molecule has 4 bridgehead atoms. The van der Waals surface area contributed by atoms with Crippen LogP contribution < -0.4 is 0 Å². The Balaban J connectivity index is 1.49. The van der Waals surface area contributed by atoms with E-state index < -0.39 is 0 Å². The molecule has 22 heavy (non-hydrogen) atoms. The predicted molar refractivity (Wildman–Crippen MR) is 91.4 cm³/mol. The molecule has 1 heterocycles. The molecule has 2 nitrogen and oxygen atoms in total. The highest BCUT2D eigenvalue weighted by molar-refractivity contribution is 5.90. The number of hydrogen-bond acceptors (Lipinski definition) is 1. The van der Waals surface area contributed by atoms with Gasteiger partial charge in [0.2, 0.25) is 0 Å². The summed E-state index contributed by atoms with van der Waals surface area (Å²) < 4.78 is 2.28. The van der Waals surface area contributed by atoms with Gasteiger partial charge in [-0.2, -0.15) is 0 Å². The van der Waals surface area contributed by atoms with Crippen molar-refractivity contribution < 1.29 is 0 Å².